The summed E-state index contributed by atoms with van der Waals surface area (Å²) >= 11 is 0. The highest BCUT2D eigenvalue weighted by atomic mass is 16.5. The van der Waals surface area contributed by atoms with Crippen molar-refractivity contribution in [2.75, 3.05) is 14.2 Å². The van der Waals surface area contributed by atoms with Gasteiger partial charge in [0, 0.05) is 6.07 Å². The zero-order valence-electron chi connectivity index (χ0n) is 9.39. The average Bonchev–Trinajstić information content (AvgIpc) is 2.34. The van der Waals surface area contributed by atoms with Crippen molar-refractivity contribution in [2.45, 2.75) is 0 Å². The van der Waals surface area contributed by atoms with Crippen LogP contribution in [0.1, 0.15) is 5.56 Å². The second-order valence-corrected chi connectivity index (χ2v) is 3.10. The van der Waals surface area contributed by atoms with Crippen molar-refractivity contribution in [3.05, 3.63) is 29.3 Å². The van der Waals surface area contributed by atoms with Gasteiger partial charge in [-0.1, -0.05) is 0 Å². The summed E-state index contributed by atoms with van der Waals surface area (Å²) in [6, 6.07) is 6.36. The summed E-state index contributed by atoms with van der Waals surface area (Å²) in [4.78, 5) is 10.6. The molecule has 0 saturated heterocycles. The molecule has 0 bridgehead atoms. The lowest BCUT2D eigenvalue weighted by Crippen LogP contribution is -2.23. The number of aliphatic carboxylic acids is 1. The molecule has 0 radical (unpaired) electrons. The number of hydrogen-bond acceptors (Lipinski definition) is 5. The quantitative estimate of drug-likeness (QED) is 0.553. The maximum absolute atomic E-state index is 10.6. The van der Waals surface area contributed by atoms with Crippen molar-refractivity contribution in [3.63, 3.8) is 0 Å². The third-order valence-electron chi connectivity index (χ3n) is 2.03. The normalized spacial score (nSPS) is 10.5. The van der Waals surface area contributed by atoms with Gasteiger partial charge in [0.05, 0.1) is 25.8 Å². The molecule has 0 fully saturated rings. The minimum Gasteiger partial charge on any atom is -0.544 e. The molecule has 88 valence electrons. The van der Waals surface area contributed by atoms with Crippen LogP contribution in [-0.2, 0) is 4.79 Å². The first-order valence-electron chi connectivity index (χ1n) is 4.67. The number of nitriles is 1. The summed E-state index contributed by atoms with van der Waals surface area (Å²) in [5, 5.41) is 19.2. The number of ether oxygens (including phenoxy) is 2. The summed E-state index contributed by atoms with van der Waals surface area (Å²) in [6.45, 7) is 0. The third kappa shape index (κ3) is 3.24. The molecule has 0 aliphatic rings. The molecule has 5 heteroatoms. The van der Waals surface area contributed by atoms with E-state index in [0.717, 1.165) is 0 Å². The fraction of sp³-hybridized carbons (Fsp3) is 0.167. The number of benzene rings is 1. The zero-order chi connectivity index (χ0) is 12.8. The number of carboxylic acids is 1. The van der Waals surface area contributed by atoms with E-state index in [9.17, 15) is 9.90 Å². The summed E-state index contributed by atoms with van der Waals surface area (Å²) < 4.78 is 10.0. The molecule has 5 nitrogen and oxygen atoms in total. The van der Waals surface area contributed by atoms with Gasteiger partial charge in [-0.15, -0.1) is 0 Å². The van der Waals surface area contributed by atoms with Crippen molar-refractivity contribution in [3.8, 4) is 17.6 Å². The first-order valence-corrected chi connectivity index (χ1v) is 4.67. The highest BCUT2D eigenvalue weighted by Gasteiger charge is 2.02. The molecule has 1 aromatic carbocycles. The van der Waals surface area contributed by atoms with Gasteiger partial charge in [-0.3, -0.25) is 0 Å². The Morgan fingerprint density at radius 2 is 1.82 bits per heavy atom. The minimum absolute atomic E-state index is 0.458. The Morgan fingerprint density at radius 3 is 2.18 bits per heavy atom. The molecule has 17 heavy (non-hydrogen) atoms. The molecule has 0 amide bonds. The largest absolute Gasteiger partial charge is 0.544 e. The van der Waals surface area contributed by atoms with Crippen LogP contribution in [0.15, 0.2) is 23.8 Å². The lowest BCUT2D eigenvalue weighted by atomic mass is 10.1. The Morgan fingerprint density at radius 1 is 1.29 bits per heavy atom. The summed E-state index contributed by atoms with van der Waals surface area (Å²) in [6.07, 6.45) is 1.19. The van der Waals surface area contributed by atoms with Gasteiger partial charge >= 0.3 is 0 Å². The van der Waals surface area contributed by atoms with Gasteiger partial charge in [0.25, 0.3) is 0 Å². The Kier molecular flexibility index (Phi) is 4.12. The van der Waals surface area contributed by atoms with Crippen LogP contribution in [0, 0.1) is 11.3 Å². The summed E-state index contributed by atoms with van der Waals surface area (Å²) in [7, 11) is 2.96. The van der Waals surface area contributed by atoms with Crippen molar-refractivity contribution in [1.29, 1.82) is 5.26 Å². The van der Waals surface area contributed by atoms with Gasteiger partial charge in [-0.05, 0) is 23.8 Å². The second kappa shape index (κ2) is 5.56. The number of carbonyl (C=O) groups is 1. The van der Waals surface area contributed by atoms with E-state index in [4.69, 9.17) is 14.7 Å². The highest BCUT2D eigenvalue weighted by molar-refractivity contribution is 5.95. The fourth-order valence-electron chi connectivity index (χ4n) is 1.22. The van der Waals surface area contributed by atoms with Crippen LogP contribution >= 0.6 is 0 Å². The van der Waals surface area contributed by atoms with Gasteiger partial charge < -0.3 is 19.4 Å². The van der Waals surface area contributed by atoms with Crippen LogP contribution in [0.4, 0.5) is 0 Å². The lowest BCUT2D eigenvalue weighted by Gasteiger charge is -2.06. The van der Waals surface area contributed by atoms with E-state index in [1.165, 1.54) is 20.3 Å². The molecule has 1 aromatic rings. The fourth-order valence-corrected chi connectivity index (χ4v) is 1.22. The zero-order valence-corrected chi connectivity index (χ0v) is 9.39. The number of methoxy groups -OCH3 is 2. The number of rotatable bonds is 4. The molecule has 0 aliphatic heterocycles. The Balaban J connectivity index is 3.22. The second-order valence-electron chi connectivity index (χ2n) is 3.10. The van der Waals surface area contributed by atoms with Crippen LogP contribution in [0.2, 0.25) is 0 Å². The van der Waals surface area contributed by atoms with E-state index in [2.05, 4.69) is 0 Å². The maximum atomic E-state index is 10.6. The minimum atomic E-state index is -1.52. The van der Waals surface area contributed by atoms with E-state index >= 15 is 0 Å². The van der Waals surface area contributed by atoms with Crippen molar-refractivity contribution < 1.29 is 19.4 Å². The predicted molar refractivity (Wildman–Crippen MR) is 58.1 cm³/mol. The predicted octanol–water partition coefficient (Wildman–Crippen LogP) is 0.361. The molecule has 1 rings (SSSR count). The van der Waals surface area contributed by atoms with Crippen molar-refractivity contribution in [1.82, 2.24) is 0 Å². The average molecular weight is 232 g/mol. The van der Waals surface area contributed by atoms with Gasteiger partial charge in [-0.25, -0.2) is 0 Å². The standard InChI is InChI=1S/C12H11NO4/c1-16-10-4-8(5-11(6-10)17-2)3-9(7-13)12(14)15/h3-6H,1-2H3,(H,14,15)/p-1/b9-3+. The molecule has 0 unspecified atom stereocenters. The van der Waals surface area contributed by atoms with E-state index in [1.807, 2.05) is 0 Å². The number of hydrogen-bond donors (Lipinski definition) is 0. The maximum Gasteiger partial charge on any atom is 0.123 e. The molecule has 0 saturated carbocycles. The van der Waals surface area contributed by atoms with Gasteiger partial charge in [0.15, 0.2) is 0 Å². The first-order chi connectivity index (χ1) is 8.10. The van der Waals surface area contributed by atoms with Crippen LogP contribution in [0.3, 0.4) is 0 Å². The lowest BCUT2D eigenvalue weighted by molar-refractivity contribution is -0.298. The SMILES string of the molecule is COc1cc(/C=C(\C#N)C(=O)[O-])cc(OC)c1. The van der Waals surface area contributed by atoms with Crippen LogP contribution < -0.4 is 14.6 Å². The van der Waals surface area contributed by atoms with Gasteiger partial charge in [-0.2, -0.15) is 5.26 Å². The van der Waals surface area contributed by atoms with Crippen molar-refractivity contribution in [2.24, 2.45) is 0 Å². The molecule has 0 heterocycles. The Labute approximate surface area is 98.5 Å². The van der Waals surface area contributed by atoms with E-state index in [1.54, 1.807) is 24.3 Å². The van der Waals surface area contributed by atoms with E-state index in [-0.39, 0.29) is 0 Å². The molecule has 0 aliphatic carbocycles. The number of nitrogens with zero attached hydrogens (tertiary/aromatic N) is 1. The number of carbonyl (C=O) groups excluding carboxylic acids is 1. The van der Waals surface area contributed by atoms with Crippen LogP contribution in [0.5, 0.6) is 11.5 Å². The molecule has 0 atom stereocenters. The highest BCUT2D eigenvalue weighted by Crippen LogP contribution is 2.23. The van der Waals surface area contributed by atoms with E-state index in [0.29, 0.717) is 17.1 Å². The number of carboxylic acid groups (broad SMARTS) is 1. The van der Waals surface area contributed by atoms with Gasteiger partial charge in [0.2, 0.25) is 0 Å². The summed E-state index contributed by atoms with van der Waals surface area (Å²) in [5.41, 5.74) is 0.0299. The molecule has 0 N–H and O–H groups in total. The Hall–Kier alpha value is -2.48. The van der Waals surface area contributed by atoms with E-state index < -0.39 is 11.5 Å². The molecular formula is C12H10NO4-. The molecule has 0 aromatic heterocycles. The van der Waals surface area contributed by atoms with Crippen LogP contribution in [-0.4, -0.2) is 20.2 Å². The first kappa shape index (κ1) is 12.6. The monoisotopic (exact) mass is 232 g/mol. The van der Waals surface area contributed by atoms with Crippen LogP contribution in [0.25, 0.3) is 6.08 Å². The molecule has 0 spiro atoms. The van der Waals surface area contributed by atoms with Gasteiger partial charge in [0.1, 0.15) is 17.6 Å². The Bertz CT molecular complexity index is 477. The smallest absolute Gasteiger partial charge is 0.123 e. The summed E-state index contributed by atoms with van der Waals surface area (Å²) in [5.74, 6) is -0.508. The molecular weight excluding hydrogens is 222 g/mol. The topological polar surface area (TPSA) is 82.4 Å². The van der Waals surface area contributed by atoms with Crippen molar-refractivity contribution >= 4 is 12.0 Å². The third-order valence-corrected chi connectivity index (χ3v) is 2.03.